The van der Waals surface area contributed by atoms with E-state index in [9.17, 15) is 8.42 Å². The molecule has 1 heterocycles. The average molecular weight is 289 g/mol. The average Bonchev–Trinajstić information content (AvgIpc) is 2.53. The molecule has 7 nitrogen and oxygen atoms in total. The van der Waals surface area contributed by atoms with Crippen LogP contribution in [0.25, 0.3) is 0 Å². The van der Waals surface area contributed by atoms with Crippen molar-refractivity contribution in [3.05, 3.63) is 11.4 Å². The molecule has 0 radical (unpaired) electrons. The van der Waals surface area contributed by atoms with Crippen LogP contribution < -0.4 is 10.1 Å². The Hall–Kier alpha value is -0.960. The van der Waals surface area contributed by atoms with Gasteiger partial charge in [0.25, 0.3) is 10.0 Å². The molecule has 0 saturated carbocycles. The van der Waals surface area contributed by atoms with Crippen LogP contribution in [-0.2, 0) is 16.6 Å². The van der Waals surface area contributed by atoms with Crippen molar-refractivity contribution in [3.63, 3.8) is 0 Å². The van der Waals surface area contributed by atoms with Gasteiger partial charge < -0.3 is 5.32 Å². The maximum absolute atomic E-state index is 12.2. The maximum Gasteiger partial charge on any atom is 0.257 e. The van der Waals surface area contributed by atoms with Crippen molar-refractivity contribution in [2.75, 3.05) is 27.2 Å². The largest absolute Gasteiger partial charge is 0.315 e. The zero-order valence-electron chi connectivity index (χ0n) is 12.2. The van der Waals surface area contributed by atoms with Crippen LogP contribution in [0.5, 0.6) is 0 Å². The predicted octanol–water partition coefficient (Wildman–Crippen LogP) is -0.136. The van der Waals surface area contributed by atoms with E-state index in [2.05, 4.69) is 15.2 Å². The highest BCUT2D eigenvalue weighted by atomic mass is 32.2. The van der Waals surface area contributed by atoms with E-state index in [-0.39, 0.29) is 4.90 Å². The van der Waals surface area contributed by atoms with Crippen LogP contribution in [0, 0.1) is 13.8 Å². The summed E-state index contributed by atoms with van der Waals surface area (Å²) in [5.74, 6) is 0. The standard InChI is InChI=1S/C11H23N5O2S/c1-6-12-7-8-16-10(3)11(9(2)13-16)19(17,18)14-15(4)5/h12,14H,6-8H2,1-5H3. The summed E-state index contributed by atoms with van der Waals surface area (Å²) in [6, 6.07) is 0. The number of likely N-dealkylation sites (N-methyl/N-ethyl adjacent to an activating group) is 1. The highest BCUT2D eigenvalue weighted by Crippen LogP contribution is 2.18. The second-order valence-corrected chi connectivity index (χ2v) is 6.16. The molecule has 0 spiro atoms. The number of aromatic nitrogens is 2. The molecule has 0 aromatic carbocycles. The van der Waals surface area contributed by atoms with Gasteiger partial charge in [-0.3, -0.25) is 4.68 Å². The Balaban J connectivity index is 3.03. The van der Waals surface area contributed by atoms with Crippen molar-refractivity contribution in [2.45, 2.75) is 32.2 Å². The van der Waals surface area contributed by atoms with E-state index < -0.39 is 10.0 Å². The fourth-order valence-corrected chi connectivity index (χ4v) is 3.43. The number of hydrogen-bond donors (Lipinski definition) is 2. The van der Waals surface area contributed by atoms with Crippen LogP contribution in [0.2, 0.25) is 0 Å². The minimum atomic E-state index is -3.56. The third kappa shape index (κ3) is 4.00. The second-order valence-electron chi connectivity index (χ2n) is 4.57. The molecule has 0 amide bonds. The summed E-state index contributed by atoms with van der Waals surface area (Å²) in [4.78, 5) is 2.70. The van der Waals surface area contributed by atoms with Gasteiger partial charge >= 0.3 is 0 Å². The van der Waals surface area contributed by atoms with E-state index in [1.54, 1.807) is 32.6 Å². The van der Waals surface area contributed by atoms with Gasteiger partial charge in [0, 0.05) is 20.6 Å². The molecule has 19 heavy (non-hydrogen) atoms. The maximum atomic E-state index is 12.2. The normalized spacial score (nSPS) is 12.3. The molecule has 0 aliphatic heterocycles. The van der Waals surface area contributed by atoms with Crippen LogP contribution in [0.3, 0.4) is 0 Å². The third-order valence-electron chi connectivity index (χ3n) is 2.64. The van der Waals surface area contributed by atoms with Gasteiger partial charge in [-0.2, -0.15) is 5.10 Å². The first kappa shape index (κ1) is 16.1. The summed E-state index contributed by atoms with van der Waals surface area (Å²) in [5.41, 5.74) is 1.17. The second kappa shape index (κ2) is 6.47. The van der Waals surface area contributed by atoms with Crippen molar-refractivity contribution in [3.8, 4) is 0 Å². The number of aryl methyl sites for hydroxylation is 1. The Bertz CT molecular complexity index is 521. The number of rotatable bonds is 7. The molecule has 1 aromatic heterocycles. The number of nitrogens with one attached hydrogen (secondary N) is 2. The zero-order chi connectivity index (χ0) is 14.6. The molecule has 0 aliphatic rings. The number of hydrogen-bond acceptors (Lipinski definition) is 5. The lowest BCUT2D eigenvalue weighted by Gasteiger charge is -2.12. The van der Waals surface area contributed by atoms with Gasteiger partial charge in [-0.05, 0) is 20.4 Å². The Morgan fingerprint density at radius 1 is 1.32 bits per heavy atom. The molecular formula is C11H23N5O2S. The van der Waals surface area contributed by atoms with E-state index in [1.807, 2.05) is 6.92 Å². The Kier molecular flexibility index (Phi) is 5.48. The molecule has 0 atom stereocenters. The van der Waals surface area contributed by atoms with Crippen LogP contribution in [-0.4, -0.2) is 50.4 Å². The lowest BCUT2D eigenvalue weighted by molar-refractivity contribution is 0.363. The Morgan fingerprint density at radius 2 is 1.95 bits per heavy atom. The van der Waals surface area contributed by atoms with Gasteiger partial charge in [-0.25, -0.2) is 13.4 Å². The van der Waals surface area contributed by atoms with Crippen molar-refractivity contribution >= 4 is 10.0 Å². The van der Waals surface area contributed by atoms with Gasteiger partial charge in [-0.1, -0.05) is 6.92 Å². The summed E-state index contributed by atoms with van der Waals surface area (Å²) in [6.45, 7) is 7.80. The smallest absolute Gasteiger partial charge is 0.257 e. The van der Waals surface area contributed by atoms with E-state index in [0.29, 0.717) is 17.9 Å². The van der Waals surface area contributed by atoms with Gasteiger partial charge in [-0.15, -0.1) is 4.83 Å². The highest BCUT2D eigenvalue weighted by molar-refractivity contribution is 7.89. The summed E-state index contributed by atoms with van der Waals surface area (Å²) in [7, 11) is -0.285. The molecule has 0 bridgehead atoms. The van der Waals surface area contributed by atoms with Crippen molar-refractivity contribution in [1.29, 1.82) is 0 Å². The van der Waals surface area contributed by atoms with Crippen LogP contribution in [0.1, 0.15) is 18.3 Å². The van der Waals surface area contributed by atoms with E-state index in [1.165, 1.54) is 5.01 Å². The highest BCUT2D eigenvalue weighted by Gasteiger charge is 2.24. The van der Waals surface area contributed by atoms with E-state index >= 15 is 0 Å². The van der Waals surface area contributed by atoms with Gasteiger partial charge in [0.05, 0.1) is 17.9 Å². The topological polar surface area (TPSA) is 79.3 Å². The summed E-state index contributed by atoms with van der Waals surface area (Å²) in [6.07, 6.45) is 0. The minimum Gasteiger partial charge on any atom is -0.315 e. The summed E-state index contributed by atoms with van der Waals surface area (Å²) < 4.78 is 26.1. The molecule has 8 heteroatoms. The molecule has 1 rings (SSSR count). The minimum absolute atomic E-state index is 0.262. The zero-order valence-corrected chi connectivity index (χ0v) is 13.0. The van der Waals surface area contributed by atoms with Gasteiger partial charge in [0.1, 0.15) is 4.90 Å². The quantitative estimate of drug-likeness (QED) is 0.540. The molecule has 2 N–H and O–H groups in total. The molecule has 0 unspecified atom stereocenters. The fraction of sp³-hybridized carbons (Fsp3) is 0.727. The fourth-order valence-electron chi connectivity index (χ4n) is 1.93. The predicted molar refractivity (Wildman–Crippen MR) is 74.3 cm³/mol. The van der Waals surface area contributed by atoms with Crippen molar-refractivity contribution in [1.82, 2.24) is 24.9 Å². The molecule has 0 aliphatic carbocycles. The Labute approximate surface area is 115 Å². The van der Waals surface area contributed by atoms with E-state index in [4.69, 9.17) is 0 Å². The first-order valence-electron chi connectivity index (χ1n) is 6.24. The molecular weight excluding hydrogens is 266 g/mol. The number of hydrazine groups is 1. The third-order valence-corrected chi connectivity index (χ3v) is 4.37. The monoisotopic (exact) mass is 289 g/mol. The van der Waals surface area contributed by atoms with Crippen LogP contribution >= 0.6 is 0 Å². The van der Waals surface area contributed by atoms with Crippen LogP contribution in [0.15, 0.2) is 4.90 Å². The Morgan fingerprint density at radius 3 is 2.47 bits per heavy atom. The summed E-state index contributed by atoms with van der Waals surface area (Å²) in [5, 5.41) is 8.89. The van der Waals surface area contributed by atoms with Gasteiger partial charge in [0.15, 0.2) is 0 Å². The first-order valence-corrected chi connectivity index (χ1v) is 7.72. The lowest BCUT2D eigenvalue weighted by Crippen LogP contribution is -2.36. The van der Waals surface area contributed by atoms with Crippen molar-refractivity contribution in [2.24, 2.45) is 0 Å². The van der Waals surface area contributed by atoms with E-state index in [0.717, 1.165) is 13.1 Å². The number of nitrogens with zero attached hydrogens (tertiary/aromatic N) is 3. The van der Waals surface area contributed by atoms with Crippen LogP contribution in [0.4, 0.5) is 0 Å². The molecule has 110 valence electrons. The molecule has 1 aromatic rings. The van der Waals surface area contributed by atoms with Crippen molar-refractivity contribution < 1.29 is 8.42 Å². The van der Waals surface area contributed by atoms with Gasteiger partial charge in [0.2, 0.25) is 0 Å². The number of sulfonamides is 1. The SMILES string of the molecule is CCNCCn1nc(C)c(S(=O)(=O)NN(C)C)c1C. The first-order chi connectivity index (χ1) is 8.79. The summed E-state index contributed by atoms with van der Waals surface area (Å²) >= 11 is 0. The lowest BCUT2D eigenvalue weighted by atomic mass is 10.4. The molecule has 0 saturated heterocycles. The molecule has 0 fully saturated rings.